The van der Waals surface area contributed by atoms with Crippen LogP contribution in [0.2, 0.25) is 0 Å². The first-order valence-corrected chi connectivity index (χ1v) is 6.10. The van der Waals surface area contributed by atoms with E-state index < -0.39 is 0 Å². The zero-order valence-corrected chi connectivity index (χ0v) is 10.5. The first-order chi connectivity index (χ1) is 7.79. The summed E-state index contributed by atoms with van der Waals surface area (Å²) in [4.78, 5) is 8.20. The number of aromatic nitrogens is 1. The average Bonchev–Trinajstić information content (AvgIpc) is 2.76. The topological polar surface area (TPSA) is 57.5 Å². The van der Waals surface area contributed by atoms with Crippen LogP contribution >= 0.6 is 27.3 Å². The Morgan fingerprint density at radius 2 is 2.12 bits per heavy atom. The van der Waals surface area contributed by atoms with Gasteiger partial charge in [0.2, 0.25) is 5.13 Å². The van der Waals surface area contributed by atoms with Gasteiger partial charge in [-0.05, 0) is 12.1 Å². The summed E-state index contributed by atoms with van der Waals surface area (Å²) in [6.07, 6.45) is 1.18. The first kappa shape index (κ1) is 11.3. The van der Waals surface area contributed by atoms with Crippen LogP contribution in [-0.2, 0) is 0 Å². The Morgan fingerprint density at radius 1 is 1.38 bits per heavy atom. The number of aliphatic imine (C=N–C) groups is 1. The number of thiazole rings is 1. The smallest absolute Gasteiger partial charge is 0.211 e. The second-order valence-electron chi connectivity index (χ2n) is 2.91. The number of nitrogens with one attached hydrogen (secondary N) is 1. The number of halogens is 1. The Bertz CT molecular complexity index is 495. The van der Waals surface area contributed by atoms with Crippen molar-refractivity contribution in [3.05, 3.63) is 34.1 Å². The van der Waals surface area contributed by atoms with Gasteiger partial charge in [0.25, 0.3) is 0 Å². The predicted molar refractivity (Wildman–Crippen MR) is 68.3 cm³/mol. The van der Waals surface area contributed by atoms with Crippen molar-refractivity contribution >= 4 is 38.7 Å². The summed E-state index contributed by atoms with van der Waals surface area (Å²) in [7, 11) is 0. The van der Waals surface area contributed by atoms with Gasteiger partial charge in [-0.1, -0.05) is 28.1 Å². The van der Waals surface area contributed by atoms with E-state index >= 15 is 0 Å². The van der Waals surface area contributed by atoms with E-state index in [9.17, 15) is 0 Å². The van der Waals surface area contributed by atoms with Crippen molar-refractivity contribution in [3.63, 3.8) is 0 Å². The summed E-state index contributed by atoms with van der Waals surface area (Å²) in [5.74, 6) is 0. The number of hydrogen-bond donors (Lipinski definition) is 2. The van der Waals surface area contributed by atoms with Crippen LogP contribution < -0.4 is 5.48 Å². The number of hydroxylamine groups is 1. The van der Waals surface area contributed by atoms with E-state index in [2.05, 4.69) is 25.9 Å². The summed E-state index contributed by atoms with van der Waals surface area (Å²) < 4.78 is 1.04. The molecule has 1 heterocycles. The molecular weight excluding hydrogens is 290 g/mol. The maximum absolute atomic E-state index is 8.35. The lowest BCUT2D eigenvalue weighted by molar-refractivity contribution is 0.240. The molecule has 1 aromatic carbocycles. The van der Waals surface area contributed by atoms with Gasteiger partial charge in [-0.2, -0.15) is 0 Å². The maximum atomic E-state index is 8.35. The molecule has 0 fully saturated rings. The zero-order chi connectivity index (χ0) is 11.4. The van der Waals surface area contributed by atoms with Gasteiger partial charge in [-0.15, -0.1) is 11.3 Å². The Balaban J connectivity index is 2.24. The highest BCUT2D eigenvalue weighted by Crippen LogP contribution is 2.27. The second kappa shape index (κ2) is 5.20. The van der Waals surface area contributed by atoms with E-state index in [1.807, 2.05) is 35.1 Å². The Labute approximate surface area is 105 Å². The van der Waals surface area contributed by atoms with Gasteiger partial charge in [0.15, 0.2) is 0 Å². The molecule has 4 nitrogen and oxygen atoms in total. The van der Waals surface area contributed by atoms with Crippen LogP contribution in [0.4, 0.5) is 5.13 Å². The van der Waals surface area contributed by atoms with Crippen LogP contribution in [0.25, 0.3) is 11.3 Å². The number of hydrogen-bond acceptors (Lipinski definition) is 4. The highest BCUT2D eigenvalue weighted by atomic mass is 79.9. The quantitative estimate of drug-likeness (QED) is 0.520. The minimum absolute atomic E-state index is 0.597. The number of rotatable bonds is 3. The van der Waals surface area contributed by atoms with Crippen molar-refractivity contribution in [1.82, 2.24) is 10.5 Å². The minimum Gasteiger partial charge on any atom is -0.290 e. The van der Waals surface area contributed by atoms with E-state index in [0.29, 0.717) is 5.13 Å². The summed E-state index contributed by atoms with van der Waals surface area (Å²) in [5, 5.41) is 10.9. The molecule has 16 heavy (non-hydrogen) atoms. The van der Waals surface area contributed by atoms with E-state index in [1.54, 1.807) is 0 Å². The van der Waals surface area contributed by atoms with Gasteiger partial charge in [0, 0.05) is 15.4 Å². The predicted octanol–water partition coefficient (Wildman–Crippen LogP) is 3.21. The van der Waals surface area contributed by atoms with Gasteiger partial charge in [-0.25, -0.2) is 9.98 Å². The van der Waals surface area contributed by atoms with Crippen LogP contribution in [0.1, 0.15) is 0 Å². The molecule has 0 aliphatic carbocycles. The van der Waals surface area contributed by atoms with Crippen molar-refractivity contribution in [2.45, 2.75) is 0 Å². The number of benzene rings is 1. The molecular formula is C10H8BrN3OS. The molecule has 1 aromatic heterocycles. The Hall–Kier alpha value is -1.24. The lowest BCUT2D eigenvalue weighted by Crippen LogP contribution is -2.00. The van der Waals surface area contributed by atoms with Crippen molar-refractivity contribution in [2.75, 3.05) is 0 Å². The van der Waals surface area contributed by atoms with Crippen LogP contribution in [0.15, 0.2) is 39.1 Å². The highest BCUT2D eigenvalue weighted by molar-refractivity contribution is 9.10. The van der Waals surface area contributed by atoms with Gasteiger partial charge in [0.05, 0.1) is 5.69 Å². The van der Waals surface area contributed by atoms with Gasteiger partial charge >= 0.3 is 0 Å². The fourth-order valence-corrected chi connectivity index (χ4v) is 2.10. The summed E-state index contributed by atoms with van der Waals surface area (Å²) in [6, 6.07) is 7.90. The molecule has 0 aliphatic heterocycles. The van der Waals surface area contributed by atoms with Crippen molar-refractivity contribution in [2.24, 2.45) is 4.99 Å². The third-order valence-corrected chi connectivity index (χ3v) is 3.14. The molecule has 0 radical (unpaired) electrons. The summed E-state index contributed by atoms with van der Waals surface area (Å²) in [5.41, 5.74) is 3.76. The molecule has 0 saturated carbocycles. The molecule has 0 aliphatic rings. The van der Waals surface area contributed by atoms with E-state index in [0.717, 1.165) is 15.7 Å². The molecule has 0 bridgehead atoms. The van der Waals surface area contributed by atoms with Crippen molar-refractivity contribution in [1.29, 1.82) is 0 Å². The number of nitrogens with zero attached hydrogens (tertiary/aromatic N) is 2. The summed E-state index contributed by atoms with van der Waals surface area (Å²) >= 11 is 4.80. The molecule has 82 valence electrons. The Morgan fingerprint density at radius 3 is 2.81 bits per heavy atom. The van der Waals surface area contributed by atoms with E-state index in [1.165, 1.54) is 17.7 Å². The molecule has 2 aromatic rings. The molecule has 0 atom stereocenters. The molecule has 0 amide bonds. The lowest BCUT2D eigenvalue weighted by Gasteiger charge is -1.95. The van der Waals surface area contributed by atoms with Crippen LogP contribution in [0, 0.1) is 0 Å². The van der Waals surface area contributed by atoms with Crippen LogP contribution in [0.3, 0.4) is 0 Å². The summed E-state index contributed by atoms with van der Waals surface area (Å²) in [6.45, 7) is 0. The molecule has 2 N–H and O–H groups in total. The minimum atomic E-state index is 0.597. The fourth-order valence-electron chi connectivity index (χ4n) is 1.16. The zero-order valence-electron chi connectivity index (χ0n) is 8.09. The van der Waals surface area contributed by atoms with Gasteiger partial charge in [0.1, 0.15) is 6.34 Å². The molecule has 0 saturated heterocycles. The molecule has 0 unspecified atom stereocenters. The third kappa shape index (κ3) is 2.66. The monoisotopic (exact) mass is 297 g/mol. The normalized spacial score (nSPS) is 10.9. The van der Waals surface area contributed by atoms with Crippen molar-refractivity contribution in [3.8, 4) is 11.3 Å². The maximum Gasteiger partial charge on any atom is 0.211 e. The molecule has 6 heteroatoms. The highest BCUT2D eigenvalue weighted by Gasteiger charge is 2.02. The standard InChI is InChI=1S/C10H8BrN3OS/c11-8-3-1-7(2-4-8)9-5-16-10(14-9)12-6-13-15/h1-6,15H,(H,12,13,14). The van der Waals surface area contributed by atoms with E-state index in [4.69, 9.17) is 5.21 Å². The lowest BCUT2D eigenvalue weighted by atomic mass is 10.2. The van der Waals surface area contributed by atoms with Gasteiger partial charge < -0.3 is 0 Å². The van der Waals surface area contributed by atoms with Crippen molar-refractivity contribution < 1.29 is 5.21 Å². The third-order valence-electron chi connectivity index (χ3n) is 1.86. The second-order valence-corrected chi connectivity index (χ2v) is 4.66. The largest absolute Gasteiger partial charge is 0.290 e. The van der Waals surface area contributed by atoms with E-state index in [-0.39, 0.29) is 0 Å². The first-order valence-electron chi connectivity index (χ1n) is 4.43. The van der Waals surface area contributed by atoms with Gasteiger partial charge in [-0.3, -0.25) is 10.7 Å². The van der Waals surface area contributed by atoms with Crippen LogP contribution in [-0.4, -0.2) is 16.5 Å². The van der Waals surface area contributed by atoms with Crippen LogP contribution in [0.5, 0.6) is 0 Å². The SMILES string of the molecule is ON/C=N/c1nc(-c2ccc(Br)cc2)cs1. The Kier molecular flexibility index (Phi) is 3.66. The molecule has 0 spiro atoms. The average molecular weight is 298 g/mol. The fraction of sp³-hybridized carbons (Fsp3) is 0. The molecule has 2 rings (SSSR count).